The lowest BCUT2D eigenvalue weighted by Crippen LogP contribution is -2.38. The van der Waals surface area contributed by atoms with Crippen LogP contribution in [0.1, 0.15) is 44.9 Å². The normalized spacial score (nSPS) is 23.5. The number of nitrogens with zero attached hydrogens (tertiary/aromatic N) is 4. The van der Waals surface area contributed by atoms with Gasteiger partial charge in [0.05, 0.1) is 52.1 Å². The molecule has 1 aliphatic carbocycles. The maximum Gasteiger partial charge on any atom is 0.141 e. The lowest BCUT2D eigenvalue weighted by atomic mass is 10.1. The van der Waals surface area contributed by atoms with E-state index in [1.54, 1.807) is 0 Å². The molecule has 0 radical (unpaired) electrons. The molecule has 3 fully saturated rings. The summed E-state index contributed by atoms with van der Waals surface area (Å²) < 4.78 is 0. The number of hydrazine groups is 1. The van der Waals surface area contributed by atoms with Crippen molar-refractivity contribution in [3.63, 3.8) is 0 Å². The van der Waals surface area contributed by atoms with Crippen molar-refractivity contribution in [3.8, 4) is 0 Å². The standard InChI is InChI=1S/C25H32N8S/c1-4-10-33(11-5-1)20-12-18(14-26-16-20)28-19-13-22-21(27-15-19)8-9-23(29-22)30-25-32-31-24(34-25)17-6-2-3-7-17/h8-9,12-17,24-25,28,31-32H,1-7,10-11H2,(H,29,30). The molecule has 3 aromatic rings. The predicted octanol–water partition coefficient (Wildman–Crippen LogP) is 4.81. The molecular weight excluding hydrogens is 444 g/mol. The minimum atomic E-state index is 0.105. The molecule has 3 aliphatic rings. The lowest BCUT2D eigenvalue weighted by Gasteiger charge is -2.28. The molecule has 0 amide bonds. The second-order valence-electron chi connectivity index (χ2n) is 9.48. The molecule has 0 spiro atoms. The number of hydrogen-bond donors (Lipinski definition) is 4. The number of thioether (sulfide) groups is 1. The summed E-state index contributed by atoms with van der Waals surface area (Å²) in [5.74, 6) is 1.61. The summed E-state index contributed by atoms with van der Waals surface area (Å²) in [6, 6.07) is 8.24. The molecular formula is C25H32N8S. The van der Waals surface area contributed by atoms with Crippen LogP contribution in [0.4, 0.5) is 22.9 Å². The van der Waals surface area contributed by atoms with Gasteiger partial charge in [0.15, 0.2) is 0 Å². The van der Waals surface area contributed by atoms with E-state index in [1.165, 1.54) is 50.6 Å². The van der Waals surface area contributed by atoms with Gasteiger partial charge in [-0.25, -0.2) is 15.8 Å². The van der Waals surface area contributed by atoms with E-state index in [4.69, 9.17) is 4.98 Å². The molecule has 6 rings (SSSR count). The summed E-state index contributed by atoms with van der Waals surface area (Å²) in [6.07, 6.45) is 14.9. The van der Waals surface area contributed by atoms with Crippen LogP contribution in [0.2, 0.25) is 0 Å². The maximum atomic E-state index is 4.84. The number of pyridine rings is 3. The fraction of sp³-hybridized carbons (Fsp3) is 0.480. The van der Waals surface area contributed by atoms with Crippen LogP contribution in [0.3, 0.4) is 0 Å². The van der Waals surface area contributed by atoms with Crippen molar-refractivity contribution in [2.75, 3.05) is 28.6 Å². The number of rotatable bonds is 6. The third kappa shape index (κ3) is 4.92. The maximum absolute atomic E-state index is 4.84. The number of nitrogens with one attached hydrogen (secondary N) is 4. The van der Waals surface area contributed by atoms with Crippen LogP contribution >= 0.6 is 11.8 Å². The lowest BCUT2D eigenvalue weighted by molar-refractivity contribution is 0.431. The van der Waals surface area contributed by atoms with Crippen molar-refractivity contribution in [1.82, 2.24) is 25.8 Å². The van der Waals surface area contributed by atoms with Gasteiger partial charge in [-0.3, -0.25) is 9.97 Å². The molecule has 2 unspecified atom stereocenters. The first-order valence-electron chi connectivity index (χ1n) is 12.5. The molecule has 5 heterocycles. The van der Waals surface area contributed by atoms with Crippen molar-refractivity contribution >= 4 is 45.7 Å². The smallest absolute Gasteiger partial charge is 0.141 e. The molecule has 178 valence electrons. The highest BCUT2D eigenvalue weighted by molar-refractivity contribution is 8.00. The van der Waals surface area contributed by atoms with Crippen molar-refractivity contribution in [2.45, 2.75) is 55.8 Å². The van der Waals surface area contributed by atoms with Crippen LogP contribution in [0.15, 0.2) is 42.9 Å². The van der Waals surface area contributed by atoms with E-state index < -0.39 is 0 Å². The number of hydrogen-bond acceptors (Lipinski definition) is 9. The third-order valence-corrected chi connectivity index (χ3v) is 8.32. The average Bonchev–Trinajstić information content (AvgIpc) is 3.57. The predicted molar refractivity (Wildman–Crippen MR) is 140 cm³/mol. The van der Waals surface area contributed by atoms with E-state index in [0.29, 0.717) is 5.37 Å². The molecule has 2 atom stereocenters. The Morgan fingerprint density at radius 1 is 0.882 bits per heavy atom. The summed E-state index contributed by atoms with van der Waals surface area (Å²) in [7, 11) is 0. The molecule has 0 bridgehead atoms. The highest BCUT2D eigenvalue weighted by Crippen LogP contribution is 2.36. The zero-order valence-corrected chi connectivity index (χ0v) is 20.2. The van der Waals surface area contributed by atoms with E-state index in [1.807, 2.05) is 42.5 Å². The number of anilines is 4. The van der Waals surface area contributed by atoms with Crippen LogP contribution in [-0.2, 0) is 0 Å². The van der Waals surface area contributed by atoms with Gasteiger partial charge in [-0.2, -0.15) is 0 Å². The fourth-order valence-electron chi connectivity index (χ4n) is 5.21. The molecule has 0 aromatic carbocycles. The first-order chi connectivity index (χ1) is 16.8. The van der Waals surface area contributed by atoms with Gasteiger partial charge in [0, 0.05) is 13.1 Å². The highest BCUT2D eigenvalue weighted by Gasteiger charge is 2.32. The summed E-state index contributed by atoms with van der Waals surface area (Å²) in [6.45, 7) is 2.21. The quantitative estimate of drug-likeness (QED) is 0.400. The van der Waals surface area contributed by atoms with Gasteiger partial charge in [-0.1, -0.05) is 24.6 Å². The second kappa shape index (κ2) is 9.93. The minimum absolute atomic E-state index is 0.105. The topological polar surface area (TPSA) is 90.0 Å². The van der Waals surface area contributed by atoms with E-state index in [-0.39, 0.29) is 5.50 Å². The second-order valence-corrected chi connectivity index (χ2v) is 10.7. The third-order valence-electron chi connectivity index (χ3n) is 7.02. The SMILES string of the molecule is c1ncc(N2CCCCC2)cc1Nc1cnc2ccc(NC3NNC(C4CCCC4)S3)nc2c1. The zero-order valence-electron chi connectivity index (χ0n) is 19.3. The van der Waals surface area contributed by atoms with Gasteiger partial charge in [0.1, 0.15) is 11.3 Å². The molecule has 2 aliphatic heterocycles. The highest BCUT2D eigenvalue weighted by atomic mass is 32.2. The molecule has 34 heavy (non-hydrogen) atoms. The Balaban J connectivity index is 1.14. The molecule has 9 heteroatoms. The first kappa shape index (κ1) is 21.9. The summed E-state index contributed by atoms with van der Waals surface area (Å²) in [5.41, 5.74) is 11.7. The summed E-state index contributed by atoms with van der Waals surface area (Å²) in [5, 5.41) is 7.45. The summed E-state index contributed by atoms with van der Waals surface area (Å²) >= 11 is 1.91. The molecule has 2 saturated heterocycles. The number of aromatic nitrogens is 3. The molecule has 8 nitrogen and oxygen atoms in total. The van der Waals surface area contributed by atoms with Gasteiger partial charge in [-0.15, -0.1) is 0 Å². The van der Waals surface area contributed by atoms with Gasteiger partial charge in [0.25, 0.3) is 0 Å². The van der Waals surface area contributed by atoms with Gasteiger partial charge in [-0.05, 0) is 62.3 Å². The van der Waals surface area contributed by atoms with Gasteiger partial charge < -0.3 is 15.5 Å². The van der Waals surface area contributed by atoms with Crippen LogP contribution in [-0.4, -0.2) is 38.9 Å². The van der Waals surface area contributed by atoms with E-state index >= 15 is 0 Å². The Bertz CT molecular complexity index is 1130. The first-order valence-corrected chi connectivity index (χ1v) is 13.4. The molecule has 4 N–H and O–H groups in total. The van der Waals surface area contributed by atoms with Crippen LogP contribution in [0.25, 0.3) is 11.0 Å². The minimum Gasteiger partial charge on any atom is -0.370 e. The Hall–Kier alpha value is -2.62. The monoisotopic (exact) mass is 476 g/mol. The zero-order chi connectivity index (χ0) is 22.7. The van der Waals surface area contributed by atoms with Crippen LogP contribution in [0.5, 0.6) is 0 Å². The van der Waals surface area contributed by atoms with E-state index in [0.717, 1.165) is 47.2 Å². The van der Waals surface area contributed by atoms with Crippen LogP contribution < -0.4 is 26.4 Å². The van der Waals surface area contributed by atoms with Gasteiger partial charge >= 0.3 is 0 Å². The Kier molecular flexibility index (Phi) is 6.39. The summed E-state index contributed by atoms with van der Waals surface area (Å²) in [4.78, 5) is 16.3. The molecule has 1 saturated carbocycles. The van der Waals surface area contributed by atoms with Crippen molar-refractivity contribution in [3.05, 3.63) is 42.9 Å². The fourth-order valence-corrected chi connectivity index (χ4v) is 6.46. The van der Waals surface area contributed by atoms with E-state index in [2.05, 4.69) is 48.5 Å². The largest absolute Gasteiger partial charge is 0.370 e. The number of piperidine rings is 1. The Labute approximate surface area is 204 Å². The van der Waals surface area contributed by atoms with Crippen molar-refractivity contribution in [1.29, 1.82) is 0 Å². The Morgan fingerprint density at radius 2 is 1.74 bits per heavy atom. The van der Waals surface area contributed by atoms with Crippen LogP contribution in [0, 0.1) is 5.92 Å². The van der Waals surface area contributed by atoms with Crippen molar-refractivity contribution < 1.29 is 0 Å². The average molecular weight is 477 g/mol. The van der Waals surface area contributed by atoms with Crippen molar-refractivity contribution in [2.24, 2.45) is 5.92 Å². The van der Waals surface area contributed by atoms with Gasteiger partial charge in [0.2, 0.25) is 0 Å². The molecule has 3 aromatic heterocycles. The van der Waals surface area contributed by atoms with E-state index in [9.17, 15) is 0 Å². The number of fused-ring (bicyclic) bond motifs is 1. The Morgan fingerprint density at radius 3 is 2.62 bits per heavy atom.